The number of thiophene rings is 1. The van der Waals surface area contributed by atoms with Gasteiger partial charge >= 0.3 is 0 Å². The summed E-state index contributed by atoms with van der Waals surface area (Å²) in [6.07, 6.45) is 0.526. The molecule has 1 aromatic carbocycles. The molecule has 146 valence electrons. The number of para-hydroxylation sites is 2. The van der Waals surface area contributed by atoms with Gasteiger partial charge in [0.15, 0.2) is 0 Å². The molecule has 2 atom stereocenters. The highest BCUT2D eigenvalue weighted by molar-refractivity contribution is 7.10. The van der Waals surface area contributed by atoms with E-state index in [0.717, 1.165) is 31.9 Å². The molecule has 1 saturated heterocycles. The van der Waals surface area contributed by atoms with E-state index in [1.807, 2.05) is 19.1 Å². The van der Waals surface area contributed by atoms with Gasteiger partial charge in [0.25, 0.3) is 0 Å². The van der Waals surface area contributed by atoms with E-state index in [4.69, 9.17) is 4.74 Å². The van der Waals surface area contributed by atoms with Crippen LogP contribution in [0.15, 0.2) is 41.8 Å². The molecule has 27 heavy (non-hydrogen) atoms. The summed E-state index contributed by atoms with van der Waals surface area (Å²) in [5.74, 6) is 1.05. The van der Waals surface area contributed by atoms with E-state index in [1.54, 1.807) is 18.4 Å². The number of rotatable bonds is 7. The van der Waals surface area contributed by atoms with E-state index >= 15 is 0 Å². The quantitative estimate of drug-likeness (QED) is 0.764. The Morgan fingerprint density at radius 1 is 1.26 bits per heavy atom. The first-order valence-electron chi connectivity index (χ1n) is 9.69. The summed E-state index contributed by atoms with van der Waals surface area (Å²) in [7, 11) is 1.73. The maximum Gasteiger partial charge on any atom is 0.220 e. The molecular formula is C21H30N3O2S+. The highest BCUT2D eigenvalue weighted by Gasteiger charge is 2.34. The van der Waals surface area contributed by atoms with E-state index in [9.17, 15) is 4.79 Å². The van der Waals surface area contributed by atoms with Gasteiger partial charge in [-0.15, -0.1) is 11.3 Å². The Kier molecular flexibility index (Phi) is 6.74. The van der Waals surface area contributed by atoms with Crippen LogP contribution >= 0.6 is 11.3 Å². The number of quaternary nitrogens is 1. The third-order valence-electron chi connectivity index (χ3n) is 5.33. The molecule has 0 aliphatic carbocycles. The molecule has 0 unspecified atom stereocenters. The smallest absolute Gasteiger partial charge is 0.220 e. The summed E-state index contributed by atoms with van der Waals surface area (Å²) in [6, 6.07) is 12.9. The van der Waals surface area contributed by atoms with Gasteiger partial charge in [-0.3, -0.25) is 4.79 Å². The van der Waals surface area contributed by atoms with Crippen molar-refractivity contribution in [2.45, 2.75) is 32.4 Å². The highest BCUT2D eigenvalue weighted by Crippen LogP contribution is 2.28. The number of hydrogen-bond acceptors (Lipinski definition) is 4. The van der Waals surface area contributed by atoms with Gasteiger partial charge in [-0.05, 0) is 30.5 Å². The zero-order valence-electron chi connectivity index (χ0n) is 16.4. The third-order valence-corrected chi connectivity index (χ3v) is 6.29. The fraction of sp³-hybridized carbons (Fsp3) is 0.476. The van der Waals surface area contributed by atoms with Crippen LogP contribution in [0.5, 0.6) is 5.75 Å². The Labute approximate surface area is 165 Å². The highest BCUT2D eigenvalue weighted by atomic mass is 32.1. The summed E-state index contributed by atoms with van der Waals surface area (Å²) in [5.41, 5.74) is 1.17. The maximum absolute atomic E-state index is 11.9. The number of piperazine rings is 1. The molecule has 0 saturated carbocycles. The van der Waals surface area contributed by atoms with Crippen molar-refractivity contribution in [1.82, 2.24) is 5.32 Å². The zero-order valence-corrected chi connectivity index (χ0v) is 17.2. The van der Waals surface area contributed by atoms with Crippen LogP contribution in [0.25, 0.3) is 0 Å². The molecule has 3 rings (SSSR count). The summed E-state index contributed by atoms with van der Waals surface area (Å²) < 4.78 is 5.53. The van der Waals surface area contributed by atoms with Gasteiger partial charge in [0.1, 0.15) is 11.8 Å². The Balaban J connectivity index is 1.72. The van der Waals surface area contributed by atoms with Gasteiger partial charge in [-0.2, -0.15) is 0 Å². The lowest BCUT2D eigenvalue weighted by molar-refractivity contribution is -0.933. The number of nitrogens with one attached hydrogen (secondary N) is 2. The Bertz CT molecular complexity index is 727. The van der Waals surface area contributed by atoms with Gasteiger partial charge < -0.3 is 19.9 Å². The topological polar surface area (TPSA) is 46.0 Å². The molecule has 2 heterocycles. The predicted molar refractivity (Wildman–Crippen MR) is 111 cm³/mol. The molecular weight excluding hydrogens is 358 g/mol. The largest absolute Gasteiger partial charge is 0.495 e. The zero-order chi connectivity index (χ0) is 19.2. The molecule has 2 N–H and O–H groups in total. The number of carbonyl (C=O) groups excluding carboxylic acids is 1. The lowest BCUT2D eigenvalue weighted by Crippen LogP contribution is -3.16. The van der Waals surface area contributed by atoms with Crippen molar-refractivity contribution in [2.24, 2.45) is 0 Å². The molecule has 1 aliphatic heterocycles. The molecule has 1 aliphatic rings. The minimum atomic E-state index is 0.115. The summed E-state index contributed by atoms with van der Waals surface area (Å²) in [6.45, 7) is 8.07. The average molecular weight is 389 g/mol. The van der Waals surface area contributed by atoms with Gasteiger partial charge in [0.2, 0.25) is 5.91 Å². The van der Waals surface area contributed by atoms with Crippen molar-refractivity contribution >= 4 is 22.9 Å². The number of carbonyl (C=O) groups is 1. The Morgan fingerprint density at radius 3 is 2.63 bits per heavy atom. The minimum absolute atomic E-state index is 0.115. The van der Waals surface area contributed by atoms with Crippen LogP contribution in [0.3, 0.4) is 0 Å². The van der Waals surface area contributed by atoms with Crippen LogP contribution in [-0.2, 0) is 4.79 Å². The van der Waals surface area contributed by atoms with Crippen molar-refractivity contribution in [1.29, 1.82) is 0 Å². The first kappa shape index (κ1) is 19.7. The fourth-order valence-electron chi connectivity index (χ4n) is 3.95. The number of nitrogens with zero attached hydrogens (tertiary/aromatic N) is 1. The maximum atomic E-state index is 11.9. The monoisotopic (exact) mass is 388 g/mol. The van der Waals surface area contributed by atoms with Crippen molar-refractivity contribution in [3.8, 4) is 5.75 Å². The molecule has 1 aromatic heterocycles. The molecule has 0 radical (unpaired) electrons. The first-order chi connectivity index (χ1) is 13.1. The standard InChI is InChI=1S/C21H29N3O2S/c1-4-20(25)22-16(2)21(19-10-7-15-27-19)24-13-11-23(12-14-24)17-8-5-6-9-18(17)26-3/h5-10,15-16,21H,4,11-14H2,1-3H3,(H,22,25)/p+1/t16-,21-/m1/s1. The van der Waals surface area contributed by atoms with Crippen LogP contribution in [0.2, 0.25) is 0 Å². The van der Waals surface area contributed by atoms with Crippen molar-refractivity contribution in [2.75, 3.05) is 38.2 Å². The van der Waals surface area contributed by atoms with Crippen LogP contribution in [0.4, 0.5) is 5.69 Å². The van der Waals surface area contributed by atoms with Gasteiger partial charge in [-0.1, -0.05) is 25.1 Å². The van der Waals surface area contributed by atoms with Gasteiger partial charge in [0, 0.05) is 6.42 Å². The van der Waals surface area contributed by atoms with E-state index in [1.165, 1.54) is 15.5 Å². The van der Waals surface area contributed by atoms with E-state index in [-0.39, 0.29) is 11.9 Å². The number of anilines is 1. The van der Waals surface area contributed by atoms with E-state index in [0.29, 0.717) is 12.5 Å². The molecule has 6 heteroatoms. The summed E-state index contributed by atoms with van der Waals surface area (Å²) >= 11 is 1.79. The lowest BCUT2D eigenvalue weighted by Gasteiger charge is -2.39. The number of benzene rings is 1. The molecule has 1 amide bonds. The molecule has 1 fully saturated rings. The Hall–Kier alpha value is -2.05. The third kappa shape index (κ3) is 4.62. The number of hydrogen-bond donors (Lipinski definition) is 2. The van der Waals surface area contributed by atoms with Crippen LogP contribution in [0, 0.1) is 0 Å². The van der Waals surface area contributed by atoms with Crippen molar-refractivity contribution < 1.29 is 14.4 Å². The second kappa shape index (κ2) is 9.24. The second-order valence-electron chi connectivity index (χ2n) is 7.02. The molecule has 0 spiro atoms. The second-order valence-corrected chi connectivity index (χ2v) is 8.00. The molecule has 5 nitrogen and oxygen atoms in total. The normalized spacial score (nSPS) is 17.4. The minimum Gasteiger partial charge on any atom is -0.495 e. The SMILES string of the molecule is CCC(=O)N[C@H](C)[C@H](c1cccs1)[NH+]1CCN(c2ccccc2OC)CC1. The van der Waals surface area contributed by atoms with Gasteiger partial charge in [-0.25, -0.2) is 0 Å². The molecule has 0 bridgehead atoms. The number of amides is 1. The molecule has 2 aromatic rings. The van der Waals surface area contributed by atoms with E-state index < -0.39 is 0 Å². The Morgan fingerprint density at radius 2 is 2.00 bits per heavy atom. The number of ether oxygens (including phenoxy) is 1. The summed E-state index contributed by atoms with van der Waals surface area (Å²) in [4.78, 5) is 17.2. The first-order valence-corrected chi connectivity index (χ1v) is 10.6. The summed E-state index contributed by atoms with van der Waals surface area (Å²) in [5, 5.41) is 5.32. The number of methoxy groups -OCH3 is 1. The van der Waals surface area contributed by atoms with E-state index in [2.05, 4.69) is 46.8 Å². The predicted octanol–water partition coefficient (Wildman–Crippen LogP) is 2.12. The van der Waals surface area contributed by atoms with Crippen molar-refractivity contribution in [3.63, 3.8) is 0 Å². The average Bonchev–Trinajstić information content (AvgIpc) is 3.22. The van der Waals surface area contributed by atoms with Crippen LogP contribution in [0.1, 0.15) is 31.2 Å². The van der Waals surface area contributed by atoms with Gasteiger partial charge in [0.05, 0.1) is 49.9 Å². The lowest BCUT2D eigenvalue weighted by atomic mass is 10.0. The van der Waals surface area contributed by atoms with Crippen LogP contribution < -0.4 is 19.9 Å². The fourth-order valence-corrected chi connectivity index (χ4v) is 4.93. The van der Waals surface area contributed by atoms with Crippen molar-refractivity contribution in [3.05, 3.63) is 46.7 Å². The van der Waals surface area contributed by atoms with Crippen LogP contribution in [-0.4, -0.2) is 45.2 Å².